The van der Waals surface area contributed by atoms with Crippen LogP contribution in [0.3, 0.4) is 0 Å². The number of nitrogens with one attached hydrogen (secondary N) is 6. The van der Waals surface area contributed by atoms with Crippen molar-refractivity contribution in [1.82, 2.24) is 58.1 Å². The van der Waals surface area contributed by atoms with Crippen molar-refractivity contribution in [3.05, 3.63) is 253 Å². The highest BCUT2D eigenvalue weighted by Gasteiger charge is 2.21. The molecule has 0 fully saturated rings. The monoisotopic (exact) mass is 1400 g/mol. The number of H-pyrrole nitrogens is 3. The molecule has 6 N–H and O–H groups in total. The van der Waals surface area contributed by atoms with Gasteiger partial charge in [-0.25, -0.2) is 28.1 Å². The van der Waals surface area contributed by atoms with E-state index in [2.05, 4.69) is 153 Å². The summed E-state index contributed by atoms with van der Waals surface area (Å²) >= 11 is 0. The normalized spacial score (nSPS) is 12.4. The van der Waals surface area contributed by atoms with Crippen molar-refractivity contribution >= 4 is 66.7 Å². The zero-order chi connectivity index (χ0) is 71.9. The Kier molecular flexibility index (Phi) is 23.1. The number of ether oxygens (including phenoxy) is 3. The summed E-state index contributed by atoms with van der Waals surface area (Å²) in [5, 5.41) is 14.5. The largest absolute Gasteiger partial charge is 0.385 e. The number of halogens is 3. The van der Waals surface area contributed by atoms with Crippen LogP contribution in [0, 0.1) is 17.5 Å². The minimum Gasteiger partial charge on any atom is -0.385 e. The van der Waals surface area contributed by atoms with Crippen LogP contribution in [-0.4, -0.2) is 118 Å². The summed E-state index contributed by atoms with van der Waals surface area (Å²) in [5.74, 6) is -0.236. The summed E-state index contributed by atoms with van der Waals surface area (Å²) in [6.07, 6.45) is 33.2. The highest BCUT2D eigenvalue weighted by Crippen LogP contribution is 2.35. The maximum Gasteiger partial charge on any atom is 0.160 e. The van der Waals surface area contributed by atoms with Crippen LogP contribution in [0.5, 0.6) is 0 Å². The first kappa shape index (κ1) is 71.3. The van der Waals surface area contributed by atoms with Crippen LogP contribution in [0.1, 0.15) is 105 Å². The molecule has 0 aliphatic heterocycles. The summed E-state index contributed by atoms with van der Waals surface area (Å²) in [6, 6.07) is 35.6. The number of benzene rings is 3. The maximum absolute atomic E-state index is 14.0. The molecule has 21 heteroatoms. The molecule has 18 nitrogen and oxygen atoms in total. The van der Waals surface area contributed by atoms with Gasteiger partial charge in [-0.15, -0.1) is 0 Å². The van der Waals surface area contributed by atoms with Gasteiger partial charge in [-0.3, -0.25) is 15.0 Å². The number of methoxy groups -OCH3 is 2. The van der Waals surface area contributed by atoms with E-state index in [0.29, 0.717) is 25.7 Å². The van der Waals surface area contributed by atoms with Gasteiger partial charge in [0.2, 0.25) is 0 Å². The first-order valence-electron chi connectivity index (χ1n) is 35.7. The molecule has 12 heterocycles. The fourth-order valence-electron chi connectivity index (χ4n) is 13.7. The Balaban J connectivity index is 0.000000139. The van der Waals surface area contributed by atoms with Crippen LogP contribution in [0.15, 0.2) is 202 Å². The number of aromatic nitrogens is 12. The molecule has 15 rings (SSSR count). The van der Waals surface area contributed by atoms with Crippen LogP contribution in [0.4, 0.5) is 30.2 Å². The molecule has 0 amide bonds. The van der Waals surface area contributed by atoms with E-state index < -0.39 is 0 Å². The van der Waals surface area contributed by atoms with Gasteiger partial charge in [-0.2, -0.15) is 0 Å². The molecule has 0 aliphatic rings. The number of rotatable bonds is 29. The molecule has 0 bridgehead atoms. The number of fused-ring (bicyclic) bond motifs is 6. The van der Waals surface area contributed by atoms with E-state index in [0.717, 1.165) is 172 Å². The lowest BCUT2D eigenvalue weighted by molar-refractivity contribution is 0.140. The highest BCUT2D eigenvalue weighted by molar-refractivity contribution is 5.86. The molecule has 104 heavy (non-hydrogen) atoms. The zero-order valence-electron chi connectivity index (χ0n) is 59.6. The SMILES string of the molecule is CCOCCC(C)c1cnc2c(NCCc3c[nH]c4ccccc34)cc(-c3cncc(F)c3)cn12.COCCC(C)c1cnc2c(NCCc3c[nH]c4ccccc34)cc(-c3cncc(F)c3)cn12.COCCCC(C)c1cnc2c(NCCc3c[nH]c4ccccc34)cc(-c3cncc(F)c3)cn12. The standard InChI is InChI=1S/2C28H30FN5O.C27H28FN5O/c1-19(6-5-11-35-2)27-17-33-28-26(13-22(18-34(27)28)21-12-23(29)16-30-14-21)31-10-9-20-15-32-25-8-4-3-7-24(20)25;1-3-35-11-9-19(2)27-17-33-28-26(13-22(18-34(27)28)21-12-23(29)16-30-14-21)31-10-8-20-15-32-25-7-5-4-6-24(20)25;1-18(8-10-34-2)26-16-32-27-25(12-21(17-33(26)27)20-11-22(28)15-29-13-20)30-9-7-19-14-31-24-6-4-3-5-23(19)24/h3-4,7-8,12-19,31-32H,5-6,9-11H2,1-2H3;4-7,12-19,31-32H,3,8-11H2,1-2H3;3-6,11-18,30-31H,7-10H2,1-2H3. The molecule has 0 saturated heterocycles. The van der Waals surface area contributed by atoms with Gasteiger partial charge in [0.1, 0.15) is 17.5 Å². The molecule has 12 aromatic heterocycles. The predicted octanol–water partition coefficient (Wildman–Crippen LogP) is 18.2. The molecule has 15 aromatic rings. The topological polar surface area (TPSA) is 202 Å². The molecule has 0 radical (unpaired) electrons. The second kappa shape index (κ2) is 33.8. The number of anilines is 3. The van der Waals surface area contributed by atoms with E-state index in [9.17, 15) is 13.2 Å². The van der Waals surface area contributed by atoms with Gasteiger partial charge in [0.25, 0.3) is 0 Å². The zero-order valence-corrected chi connectivity index (χ0v) is 59.6. The van der Waals surface area contributed by atoms with Gasteiger partial charge < -0.3 is 58.3 Å². The Morgan fingerprint density at radius 3 is 1.11 bits per heavy atom. The average Bonchev–Trinajstić information content (AvgIpc) is 1.60. The molecule has 3 atom stereocenters. The van der Waals surface area contributed by atoms with E-state index >= 15 is 0 Å². The second-order valence-corrected chi connectivity index (χ2v) is 26.4. The number of pyridine rings is 6. The maximum atomic E-state index is 14.0. The van der Waals surface area contributed by atoms with E-state index in [4.69, 9.17) is 29.2 Å². The van der Waals surface area contributed by atoms with Crippen molar-refractivity contribution < 1.29 is 27.4 Å². The number of hydrogen-bond acceptors (Lipinski definition) is 12. The molecule has 0 saturated carbocycles. The number of imidazole rings is 3. The van der Waals surface area contributed by atoms with Crippen LogP contribution in [0.2, 0.25) is 0 Å². The van der Waals surface area contributed by atoms with Crippen molar-refractivity contribution in [2.45, 2.75) is 90.4 Å². The van der Waals surface area contributed by atoms with Gasteiger partial charge in [-0.1, -0.05) is 75.4 Å². The van der Waals surface area contributed by atoms with Crippen molar-refractivity contribution in [3.63, 3.8) is 0 Å². The Labute approximate surface area is 602 Å². The summed E-state index contributed by atoms with van der Waals surface area (Å²) in [7, 11) is 3.44. The van der Waals surface area contributed by atoms with Gasteiger partial charge in [0, 0.05) is 230 Å². The van der Waals surface area contributed by atoms with Crippen molar-refractivity contribution in [3.8, 4) is 33.4 Å². The van der Waals surface area contributed by atoms with Crippen molar-refractivity contribution in [1.29, 1.82) is 0 Å². The van der Waals surface area contributed by atoms with E-state index in [1.54, 1.807) is 32.8 Å². The molecule has 3 aromatic carbocycles. The fraction of sp³-hybridized carbons (Fsp3) is 0.277. The lowest BCUT2D eigenvalue weighted by Crippen LogP contribution is -2.08. The quantitative estimate of drug-likeness (QED) is 0.0243. The van der Waals surface area contributed by atoms with Gasteiger partial charge >= 0.3 is 0 Å². The highest BCUT2D eigenvalue weighted by atomic mass is 19.1. The summed E-state index contributed by atoms with van der Waals surface area (Å²) in [6.45, 7) is 13.6. The fourth-order valence-corrected chi connectivity index (χ4v) is 13.7. The smallest absolute Gasteiger partial charge is 0.160 e. The first-order valence-corrected chi connectivity index (χ1v) is 35.7. The van der Waals surface area contributed by atoms with Crippen LogP contribution in [-0.2, 0) is 33.5 Å². The van der Waals surface area contributed by atoms with E-state index in [1.165, 1.54) is 69.6 Å². The third kappa shape index (κ3) is 16.7. The molecule has 3 unspecified atom stereocenters. The van der Waals surface area contributed by atoms with Crippen molar-refractivity contribution in [2.24, 2.45) is 0 Å². The molecular weight excluding hydrogens is 1310 g/mol. The minimum absolute atomic E-state index is 0.259. The predicted molar refractivity (Wildman–Crippen MR) is 411 cm³/mol. The lowest BCUT2D eigenvalue weighted by atomic mass is 10.0. The average molecular weight is 1400 g/mol. The Morgan fingerprint density at radius 2 is 0.760 bits per heavy atom. The molecule has 534 valence electrons. The second-order valence-electron chi connectivity index (χ2n) is 26.4. The van der Waals surface area contributed by atoms with Crippen molar-refractivity contribution in [2.75, 3.05) is 76.2 Å². The Bertz CT molecular complexity index is 5120. The third-order valence-corrected chi connectivity index (χ3v) is 19.3. The lowest BCUT2D eigenvalue weighted by Gasteiger charge is -2.15. The number of aromatic amines is 3. The summed E-state index contributed by atoms with van der Waals surface area (Å²) < 4.78 is 64.3. The Hall–Kier alpha value is -11.1. The number of para-hydroxylation sites is 3. The van der Waals surface area contributed by atoms with E-state index in [1.807, 2.05) is 80.5 Å². The molecule has 0 spiro atoms. The first-order chi connectivity index (χ1) is 50.9. The van der Waals surface area contributed by atoms with Gasteiger partial charge in [-0.05, 0) is 129 Å². The van der Waals surface area contributed by atoms with Crippen LogP contribution in [0.25, 0.3) is 83.0 Å². The number of nitrogens with zero attached hydrogens (tertiary/aromatic N) is 9. The van der Waals surface area contributed by atoms with Gasteiger partial charge in [0.15, 0.2) is 16.9 Å². The van der Waals surface area contributed by atoms with Gasteiger partial charge in [0.05, 0.1) is 35.7 Å². The molecular formula is C83H88F3N15O3. The summed E-state index contributed by atoms with van der Waals surface area (Å²) in [5.41, 5.74) is 20.7. The van der Waals surface area contributed by atoms with E-state index in [-0.39, 0.29) is 29.3 Å². The van der Waals surface area contributed by atoms with Crippen LogP contribution < -0.4 is 16.0 Å². The minimum atomic E-state index is -0.356. The third-order valence-electron chi connectivity index (χ3n) is 19.3. The number of hydrogen-bond donors (Lipinski definition) is 6. The van der Waals surface area contributed by atoms with Crippen LogP contribution >= 0.6 is 0 Å². The Morgan fingerprint density at radius 1 is 0.413 bits per heavy atom. The molecule has 0 aliphatic carbocycles. The summed E-state index contributed by atoms with van der Waals surface area (Å²) in [4.78, 5) is 36.4.